The molecule has 2 aromatic rings. The van der Waals surface area contributed by atoms with Crippen LogP contribution in [0.3, 0.4) is 0 Å². The van der Waals surface area contributed by atoms with E-state index in [1.807, 2.05) is 0 Å². The van der Waals surface area contributed by atoms with Crippen molar-refractivity contribution in [1.29, 1.82) is 0 Å². The maximum atomic E-state index is 5.73. The highest BCUT2D eigenvalue weighted by Crippen LogP contribution is 2.35. The Morgan fingerprint density at radius 2 is 2.13 bits per heavy atom. The van der Waals surface area contributed by atoms with Crippen LogP contribution in [0.15, 0.2) is 34.8 Å². The van der Waals surface area contributed by atoms with E-state index in [-0.39, 0.29) is 0 Å². The lowest BCUT2D eigenvalue weighted by Gasteiger charge is -2.04. The Kier molecular flexibility index (Phi) is 1.99. The molecule has 0 fully saturated rings. The second-order valence-corrected chi connectivity index (χ2v) is 4.96. The van der Waals surface area contributed by atoms with Gasteiger partial charge >= 0.3 is 0 Å². The van der Waals surface area contributed by atoms with Crippen molar-refractivity contribution in [2.45, 2.75) is 19.4 Å². The predicted molar refractivity (Wildman–Crippen MR) is 65.4 cm³/mol. The summed E-state index contributed by atoms with van der Waals surface area (Å²) in [6, 6.07) is 10.6. The van der Waals surface area contributed by atoms with E-state index in [4.69, 9.17) is 4.74 Å². The second kappa shape index (κ2) is 3.24. The summed E-state index contributed by atoms with van der Waals surface area (Å²) in [6.45, 7) is 2.12. The van der Waals surface area contributed by atoms with Crippen molar-refractivity contribution in [3.05, 3.63) is 40.4 Å². The number of benzene rings is 2. The fourth-order valence-corrected chi connectivity index (χ4v) is 2.59. The van der Waals surface area contributed by atoms with Crippen molar-refractivity contribution < 1.29 is 4.74 Å². The lowest BCUT2D eigenvalue weighted by Crippen LogP contribution is -2.05. The number of ether oxygens (including phenoxy) is 1. The Morgan fingerprint density at radius 1 is 1.27 bits per heavy atom. The van der Waals surface area contributed by atoms with Crippen LogP contribution in [0.5, 0.6) is 5.75 Å². The lowest BCUT2D eigenvalue weighted by molar-refractivity contribution is 0.254. The van der Waals surface area contributed by atoms with Gasteiger partial charge in [0, 0.05) is 16.5 Å². The third-order valence-corrected chi connectivity index (χ3v) is 3.36. The van der Waals surface area contributed by atoms with Gasteiger partial charge in [-0.2, -0.15) is 0 Å². The van der Waals surface area contributed by atoms with Gasteiger partial charge in [-0.05, 0) is 35.9 Å². The smallest absolute Gasteiger partial charge is 0.123 e. The molecule has 1 heterocycles. The van der Waals surface area contributed by atoms with Gasteiger partial charge in [-0.1, -0.05) is 28.1 Å². The monoisotopic (exact) mass is 262 g/mol. The molecule has 1 unspecified atom stereocenters. The highest BCUT2D eigenvalue weighted by atomic mass is 79.9. The molecule has 76 valence electrons. The van der Waals surface area contributed by atoms with Gasteiger partial charge in [0.15, 0.2) is 0 Å². The van der Waals surface area contributed by atoms with E-state index in [0.717, 1.165) is 16.6 Å². The minimum atomic E-state index is 0.314. The Labute approximate surface area is 97.2 Å². The zero-order valence-electron chi connectivity index (χ0n) is 8.46. The maximum Gasteiger partial charge on any atom is 0.123 e. The summed E-state index contributed by atoms with van der Waals surface area (Å²) in [5, 5.41) is 2.60. The summed E-state index contributed by atoms with van der Waals surface area (Å²) in [5.74, 6) is 1.05. The van der Waals surface area contributed by atoms with Crippen molar-refractivity contribution >= 4 is 26.7 Å². The third kappa shape index (κ3) is 1.44. The molecule has 0 N–H and O–H groups in total. The highest BCUT2D eigenvalue weighted by Gasteiger charge is 2.20. The summed E-state index contributed by atoms with van der Waals surface area (Å²) in [5.41, 5.74) is 1.35. The molecule has 0 aliphatic carbocycles. The van der Waals surface area contributed by atoms with E-state index in [9.17, 15) is 0 Å². The third-order valence-electron chi connectivity index (χ3n) is 2.87. The average Bonchev–Trinajstić information content (AvgIpc) is 2.58. The molecule has 1 aliphatic heterocycles. The molecule has 3 rings (SSSR count). The van der Waals surface area contributed by atoms with Gasteiger partial charge in [0.25, 0.3) is 0 Å². The lowest BCUT2D eigenvalue weighted by atomic mass is 10.0. The first-order chi connectivity index (χ1) is 7.24. The summed E-state index contributed by atoms with van der Waals surface area (Å²) >= 11 is 3.49. The van der Waals surface area contributed by atoms with E-state index in [1.165, 1.54) is 16.3 Å². The van der Waals surface area contributed by atoms with Crippen LogP contribution in [0.4, 0.5) is 0 Å². The molecule has 0 radical (unpaired) electrons. The maximum absolute atomic E-state index is 5.73. The van der Waals surface area contributed by atoms with E-state index in [2.05, 4.69) is 53.2 Å². The second-order valence-electron chi connectivity index (χ2n) is 4.04. The zero-order valence-corrected chi connectivity index (χ0v) is 10.0. The Morgan fingerprint density at radius 3 is 3.00 bits per heavy atom. The van der Waals surface area contributed by atoms with Gasteiger partial charge in [-0.25, -0.2) is 0 Å². The van der Waals surface area contributed by atoms with E-state index in [1.54, 1.807) is 0 Å². The highest BCUT2D eigenvalue weighted by molar-refractivity contribution is 9.10. The largest absolute Gasteiger partial charge is 0.490 e. The van der Waals surface area contributed by atoms with Crippen molar-refractivity contribution in [2.24, 2.45) is 0 Å². The van der Waals surface area contributed by atoms with Crippen molar-refractivity contribution in [2.75, 3.05) is 0 Å². The molecule has 2 aromatic carbocycles. The van der Waals surface area contributed by atoms with E-state index < -0.39 is 0 Å². The first kappa shape index (κ1) is 9.22. The number of halogens is 1. The molecule has 0 aromatic heterocycles. The van der Waals surface area contributed by atoms with Crippen LogP contribution >= 0.6 is 15.9 Å². The Balaban J connectivity index is 2.31. The van der Waals surface area contributed by atoms with Gasteiger partial charge in [-0.3, -0.25) is 0 Å². The molecule has 1 nitrogen and oxygen atoms in total. The molecule has 0 spiro atoms. The van der Waals surface area contributed by atoms with Gasteiger partial charge in [-0.15, -0.1) is 0 Å². The number of rotatable bonds is 0. The van der Waals surface area contributed by atoms with E-state index in [0.29, 0.717) is 6.10 Å². The molecule has 1 atom stereocenters. The van der Waals surface area contributed by atoms with Crippen molar-refractivity contribution in [3.8, 4) is 5.75 Å². The van der Waals surface area contributed by atoms with Crippen molar-refractivity contribution in [1.82, 2.24) is 0 Å². The molecule has 15 heavy (non-hydrogen) atoms. The number of hydrogen-bond acceptors (Lipinski definition) is 1. The summed E-state index contributed by atoms with van der Waals surface area (Å²) in [7, 11) is 0. The zero-order chi connectivity index (χ0) is 10.4. The van der Waals surface area contributed by atoms with Crippen LogP contribution in [0, 0.1) is 0 Å². The minimum Gasteiger partial charge on any atom is -0.490 e. The van der Waals surface area contributed by atoms with E-state index >= 15 is 0 Å². The van der Waals surface area contributed by atoms with Gasteiger partial charge in [0.05, 0.1) is 0 Å². The fraction of sp³-hybridized carbons (Fsp3) is 0.231. The quantitative estimate of drug-likeness (QED) is 0.699. The minimum absolute atomic E-state index is 0.314. The fourth-order valence-electron chi connectivity index (χ4n) is 2.21. The summed E-state index contributed by atoms with van der Waals surface area (Å²) in [4.78, 5) is 0. The SMILES string of the molecule is CC1Cc2c(ccc3cc(Br)ccc23)O1. The number of hydrogen-bond donors (Lipinski definition) is 0. The van der Waals surface area contributed by atoms with Crippen LogP contribution < -0.4 is 4.74 Å². The van der Waals surface area contributed by atoms with Crippen LogP contribution in [0.1, 0.15) is 12.5 Å². The molecule has 0 saturated heterocycles. The van der Waals surface area contributed by atoms with Crippen LogP contribution in [0.25, 0.3) is 10.8 Å². The summed E-state index contributed by atoms with van der Waals surface area (Å²) in [6.07, 6.45) is 1.34. The standard InChI is InChI=1S/C13H11BrO/c1-8-6-12-11-4-3-10(14)7-9(11)2-5-13(12)15-8/h2-5,7-8H,6H2,1H3. The normalized spacial score (nSPS) is 18.9. The molecule has 0 amide bonds. The van der Waals surface area contributed by atoms with Gasteiger partial charge in [0.1, 0.15) is 11.9 Å². The van der Waals surface area contributed by atoms with Crippen LogP contribution in [-0.4, -0.2) is 6.10 Å². The molecular weight excluding hydrogens is 252 g/mol. The van der Waals surface area contributed by atoms with Crippen LogP contribution in [0.2, 0.25) is 0 Å². The Bertz CT molecular complexity index is 533. The Hall–Kier alpha value is -1.02. The average molecular weight is 263 g/mol. The predicted octanol–water partition coefficient (Wildman–Crippen LogP) is 3.93. The topological polar surface area (TPSA) is 9.23 Å². The molecular formula is C13H11BrO. The number of fused-ring (bicyclic) bond motifs is 3. The van der Waals surface area contributed by atoms with Gasteiger partial charge < -0.3 is 4.74 Å². The first-order valence-corrected chi connectivity index (χ1v) is 5.91. The molecule has 2 heteroatoms. The summed E-state index contributed by atoms with van der Waals surface area (Å²) < 4.78 is 6.86. The molecule has 1 aliphatic rings. The van der Waals surface area contributed by atoms with Crippen molar-refractivity contribution in [3.63, 3.8) is 0 Å². The molecule has 0 saturated carbocycles. The van der Waals surface area contributed by atoms with Crippen LogP contribution in [-0.2, 0) is 6.42 Å². The first-order valence-electron chi connectivity index (χ1n) is 5.12. The molecule has 0 bridgehead atoms. The van der Waals surface area contributed by atoms with Gasteiger partial charge in [0.2, 0.25) is 0 Å².